The molecule has 0 aliphatic carbocycles. The summed E-state index contributed by atoms with van der Waals surface area (Å²) in [5.74, 6) is 0.144. The van der Waals surface area contributed by atoms with E-state index in [4.69, 9.17) is 10.5 Å². The molecule has 7 heteroatoms. The first-order valence-electron chi connectivity index (χ1n) is 6.52. The molecule has 1 atom stereocenters. The molecule has 0 saturated carbocycles. The molecule has 1 aliphatic rings. The lowest BCUT2D eigenvalue weighted by molar-refractivity contribution is -0.0498. The van der Waals surface area contributed by atoms with Crippen LogP contribution in [0.1, 0.15) is 11.6 Å². The van der Waals surface area contributed by atoms with Gasteiger partial charge < -0.3 is 15.2 Å². The summed E-state index contributed by atoms with van der Waals surface area (Å²) in [6.45, 7) is 0.563. The van der Waals surface area contributed by atoms with Crippen LogP contribution in [-0.4, -0.2) is 44.5 Å². The molecule has 3 N–H and O–H groups in total. The van der Waals surface area contributed by atoms with Crippen LogP contribution in [0.5, 0.6) is 5.75 Å². The van der Waals surface area contributed by atoms with E-state index in [2.05, 4.69) is 15.2 Å². The lowest BCUT2D eigenvalue weighted by Gasteiger charge is -2.31. The minimum absolute atomic E-state index is 0.0614. The fraction of sp³-hybridized carbons (Fsp3) is 0.538. The molecule has 1 aliphatic heterocycles. The van der Waals surface area contributed by atoms with Crippen molar-refractivity contribution in [1.82, 2.24) is 10.4 Å². The van der Waals surface area contributed by atoms with Crippen LogP contribution in [0.2, 0.25) is 0 Å². The molecule has 0 aromatic heterocycles. The predicted molar refractivity (Wildman–Crippen MR) is 70.4 cm³/mol. The van der Waals surface area contributed by atoms with Crippen LogP contribution in [0.4, 0.5) is 8.78 Å². The smallest absolute Gasteiger partial charge is 0.387 e. The number of halogens is 2. The molecule has 1 saturated heterocycles. The lowest BCUT2D eigenvalue weighted by atomic mass is 10.1. The number of hydrogen-bond donors (Lipinski definition) is 2. The Bertz CT molecular complexity index is 397. The van der Waals surface area contributed by atoms with Gasteiger partial charge in [-0.15, -0.1) is 0 Å². The summed E-state index contributed by atoms with van der Waals surface area (Å²) < 4.78 is 33.8. The molecule has 0 radical (unpaired) electrons. The molecule has 1 unspecified atom stereocenters. The highest BCUT2D eigenvalue weighted by Crippen LogP contribution is 2.19. The molecule has 112 valence electrons. The van der Waals surface area contributed by atoms with Gasteiger partial charge in [0.15, 0.2) is 0 Å². The highest BCUT2D eigenvalue weighted by molar-refractivity contribution is 5.29. The van der Waals surface area contributed by atoms with Crippen molar-refractivity contribution >= 4 is 0 Å². The first kappa shape index (κ1) is 15.1. The first-order chi connectivity index (χ1) is 9.69. The normalized spacial score (nSPS) is 18.2. The van der Waals surface area contributed by atoms with Crippen molar-refractivity contribution in [2.45, 2.75) is 12.7 Å². The van der Waals surface area contributed by atoms with Gasteiger partial charge in [0.2, 0.25) is 0 Å². The zero-order chi connectivity index (χ0) is 14.4. The second kappa shape index (κ2) is 7.49. The van der Waals surface area contributed by atoms with E-state index in [-0.39, 0.29) is 11.8 Å². The Morgan fingerprint density at radius 3 is 2.45 bits per heavy atom. The Labute approximate surface area is 116 Å². The van der Waals surface area contributed by atoms with Crippen LogP contribution in [0.3, 0.4) is 0 Å². The van der Waals surface area contributed by atoms with E-state index in [0.29, 0.717) is 19.8 Å². The summed E-state index contributed by atoms with van der Waals surface area (Å²) >= 11 is 0. The third kappa shape index (κ3) is 4.38. The predicted octanol–water partition coefficient (Wildman–Crippen LogP) is 1.12. The topological polar surface area (TPSA) is 59.8 Å². The van der Waals surface area contributed by atoms with E-state index in [1.165, 1.54) is 12.1 Å². The molecule has 0 bridgehead atoms. The number of hydrazine groups is 1. The average molecular weight is 287 g/mol. The number of alkyl halides is 2. The summed E-state index contributed by atoms with van der Waals surface area (Å²) in [5.41, 5.74) is 10.0. The molecular formula is C13H19F2N3O2. The zero-order valence-electron chi connectivity index (χ0n) is 11.1. The van der Waals surface area contributed by atoms with Gasteiger partial charge in [-0.3, -0.25) is 0 Å². The maximum Gasteiger partial charge on any atom is 0.387 e. The van der Waals surface area contributed by atoms with Gasteiger partial charge in [-0.1, -0.05) is 12.1 Å². The Hall–Kier alpha value is -1.28. The van der Waals surface area contributed by atoms with Crippen molar-refractivity contribution in [3.63, 3.8) is 0 Å². The fourth-order valence-corrected chi connectivity index (χ4v) is 2.06. The van der Waals surface area contributed by atoms with Gasteiger partial charge in [0, 0.05) is 19.6 Å². The van der Waals surface area contributed by atoms with E-state index < -0.39 is 6.61 Å². The fourth-order valence-electron chi connectivity index (χ4n) is 2.06. The number of hydrogen-bond acceptors (Lipinski definition) is 5. The third-order valence-corrected chi connectivity index (χ3v) is 3.09. The highest BCUT2D eigenvalue weighted by Gasteiger charge is 2.16. The van der Waals surface area contributed by atoms with Crippen molar-refractivity contribution in [2.75, 3.05) is 32.8 Å². The van der Waals surface area contributed by atoms with Gasteiger partial charge >= 0.3 is 6.61 Å². The number of nitrogens with two attached hydrogens (primary N) is 1. The Balaban J connectivity index is 1.95. The van der Waals surface area contributed by atoms with Crippen molar-refractivity contribution in [3.05, 3.63) is 29.8 Å². The van der Waals surface area contributed by atoms with E-state index in [1.807, 2.05) is 0 Å². The van der Waals surface area contributed by atoms with Gasteiger partial charge in [0.05, 0.1) is 19.3 Å². The summed E-state index contributed by atoms with van der Waals surface area (Å²) in [5, 5.41) is 2.06. The van der Waals surface area contributed by atoms with Crippen LogP contribution in [-0.2, 0) is 4.74 Å². The largest absolute Gasteiger partial charge is 0.435 e. The maximum atomic E-state index is 12.1. The standard InChI is InChI=1S/C13H19F2N3O2/c14-13(15)20-11-3-1-10(2-4-11)12(9-16)17-18-5-7-19-8-6-18/h1-4,12-13,17H,5-9,16H2. The van der Waals surface area contributed by atoms with E-state index >= 15 is 0 Å². The molecule has 5 nitrogen and oxygen atoms in total. The molecular weight excluding hydrogens is 268 g/mol. The molecule has 2 rings (SSSR count). The van der Waals surface area contributed by atoms with Gasteiger partial charge in [-0.05, 0) is 17.7 Å². The van der Waals surface area contributed by atoms with Gasteiger partial charge in [-0.25, -0.2) is 10.4 Å². The quantitative estimate of drug-likeness (QED) is 0.821. The van der Waals surface area contributed by atoms with Crippen LogP contribution in [0.15, 0.2) is 24.3 Å². The molecule has 20 heavy (non-hydrogen) atoms. The van der Waals surface area contributed by atoms with Gasteiger partial charge in [-0.2, -0.15) is 8.78 Å². The Morgan fingerprint density at radius 2 is 1.90 bits per heavy atom. The second-order valence-corrected chi connectivity index (χ2v) is 4.46. The molecule has 1 heterocycles. The SMILES string of the molecule is NCC(NN1CCOCC1)c1ccc(OC(F)F)cc1. The van der Waals surface area contributed by atoms with E-state index in [1.54, 1.807) is 12.1 Å². The molecule has 0 spiro atoms. The van der Waals surface area contributed by atoms with Crippen LogP contribution in [0.25, 0.3) is 0 Å². The highest BCUT2D eigenvalue weighted by atomic mass is 19.3. The summed E-state index contributed by atoms with van der Waals surface area (Å²) in [6.07, 6.45) is 0. The average Bonchev–Trinajstić information content (AvgIpc) is 2.46. The van der Waals surface area contributed by atoms with Crippen molar-refractivity contribution in [2.24, 2.45) is 5.73 Å². The van der Waals surface area contributed by atoms with Crippen molar-refractivity contribution in [1.29, 1.82) is 0 Å². The van der Waals surface area contributed by atoms with Crippen LogP contribution in [0, 0.1) is 0 Å². The number of rotatable bonds is 6. The van der Waals surface area contributed by atoms with E-state index in [0.717, 1.165) is 18.7 Å². The Kier molecular flexibility index (Phi) is 5.66. The van der Waals surface area contributed by atoms with Crippen molar-refractivity contribution in [3.8, 4) is 5.75 Å². The lowest BCUT2D eigenvalue weighted by Crippen LogP contribution is -2.48. The molecule has 1 fully saturated rings. The maximum absolute atomic E-state index is 12.1. The summed E-state index contributed by atoms with van der Waals surface area (Å²) in [7, 11) is 0. The first-order valence-corrected chi connectivity index (χ1v) is 6.52. The zero-order valence-corrected chi connectivity index (χ0v) is 11.1. The number of morpholine rings is 1. The monoisotopic (exact) mass is 287 g/mol. The van der Waals surface area contributed by atoms with Gasteiger partial charge in [0.1, 0.15) is 5.75 Å². The minimum atomic E-state index is -2.81. The van der Waals surface area contributed by atoms with Crippen LogP contribution >= 0.6 is 0 Å². The Morgan fingerprint density at radius 1 is 1.25 bits per heavy atom. The number of benzene rings is 1. The molecule has 1 aromatic carbocycles. The minimum Gasteiger partial charge on any atom is -0.435 e. The molecule has 1 aromatic rings. The van der Waals surface area contributed by atoms with Crippen LogP contribution < -0.4 is 15.9 Å². The van der Waals surface area contributed by atoms with Crippen molar-refractivity contribution < 1.29 is 18.3 Å². The third-order valence-electron chi connectivity index (χ3n) is 3.09. The summed E-state index contributed by atoms with van der Waals surface area (Å²) in [4.78, 5) is 0. The number of ether oxygens (including phenoxy) is 2. The van der Waals surface area contributed by atoms with Gasteiger partial charge in [0.25, 0.3) is 0 Å². The number of nitrogens with one attached hydrogen (secondary N) is 1. The number of nitrogens with zero attached hydrogens (tertiary/aromatic N) is 1. The second-order valence-electron chi connectivity index (χ2n) is 4.46. The van der Waals surface area contributed by atoms with E-state index in [9.17, 15) is 8.78 Å². The summed E-state index contributed by atoms with van der Waals surface area (Å²) in [6, 6.07) is 6.45. The molecule has 0 amide bonds.